The summed E-state index contributed by atoms with van der Waals surface area (Å²) >= 11 is 0. The molecule has 4 rings (SSSR count). The average molecular weight is 490 g/mol. The molecule has 0 aliphatic carbocycles. The Kier molecular flexibility index (Phi) is 6.67. The van der Waals surface area contributed by atoms with E-state index >= 15 is 0 Å². The van der Waals surface area contributed by atoms with E-state index in [0.29, 0.717) is 47.0 Å². The number of aryl methyl sites for hydroxylation is 1. The summed E-state index contributed by atoms with van der Waals surface area (Å²) in [5, 5.41) is 5.55. The summed E-state index contributed by atoms with van der Waals surface area (Å²) in [6, 6.07) is 8.17. The molecule has 1 fully saturated rings. The van der Waals surface area contributed by atoms with E-state index in [1.165, 1.54) is 24.6 Å². The zero-order valence-electron chi connectivity index (χ0n) is 19.2. The summed E-state index contributed by atoms with van der Waals surface area (Å²) in [6.45, 7) is 1.94. The van der Waals surface area contributed by atoms with Gasteiger partial charge in [-0.25, -0.2) is 8.42 Å². The molecule has 2 heterocycles. The van der Waals surface area contributed by atoms with Crippen molar-refractivity contribution in [1.82, 2.24) is 4.31 Å². The van der Waals surface area contributed by atoms with Crippen LogP contribution < -0.4 is 24.8 Å². The Bertz CT molecular complexity index is 1220. The zero-order valence-corrected chi connectivity index (χ0v) is 20.0. The van der Waals surface area contributed by atoms with E-state index in [-0.39, 0.29) is 42.3 Å². The second kappa shape index (κ2) is 9.51. The molecule has 11 heteroatoms. The van der Waals surface area contributed by atoms with E-state index in [0.717, 1.165) is 0 Å². The van der Waals surface area contributed by atoms with Crippen LogP contribution in [0.3, 0.4) is 0 Å². The van der Waals surface area contributed by atoms with Gasteiger partial charge in [-0.15, -0.1) is 0 Å². The molecular weight excluding hydrogens is 462 g/mol. The maximum atomic E-state index is 13.3. The summed E-state index contributed by atoms with van der Waals surface area (Å²) in [5.41, 5.74) is 1.46. The number of fused-ring (bicyclic) bond motifs is 1. The molecule has 2 aliphatic rings. The van der Waals surface area contributed by atoms with Gasteiger partial charge in [0, 0.05) is 31.1 Å². The summed E-state index contributed by atoms with van der Waals surface area (Å²) in [4.78, 5) is 24.5. The highest BCUT2D eigenvalue weighted by atomic mass is 32.2. The minimum Gasteiger partial charge on any atom is -0.497 e. The van der Waals surface area contributed by atoms with Crippen LogP contribution in [0.4, 0.5) is 11.4 Å². The highest BCUT2D eigenvalue weighted by molar-refractivity contribution is 7.89. The van der Waals surface area contributed by atoms with Gasteiger partial charge in [0.15, 0.2) is 6.61 Å². The molecule has 2 aromatic carbocycles. The van der Waals surface area contributed by atoms with Crippen molar-refractivity contribution >= 4 is 33.2 Å². The van der Waals surface area contributed by atoms with Crippen LogP contribution in [0, 0.1) is 12.8 Å². The van der Waals surface area contributed by atoms with Crippen LogP contribution >= 0.6 is 0 Å². The third-order valence-corrected chi connectivity index (χ3v) is 8.06. The van der Waals surface area contributed by atoms with Gasteiger partial charge in [-0.05, 0) is 43.5 Å². The van der Waals surface area contributed by atoms with Crippen molar-refractivity contribution in [3.63, 3.8) is 0 Å². The minimum absolute atomic E-state index is 0.131. The third kappa shape index (κ3) is 4.66. The Labute approximate surface area is 198 Å². The van der Waals surface area contributed by atoms with Crippen molar-refractivity contribution in [2.45, 2.75) is 24.7 Å². The highest BCUT2D eigenvalue weighted by Crippen LogP contribution is 2.35. The smallest absolute Gasteiger partial charge is 0.262 e. The highest BCUT2D eigenvalue weighted by Gasteiger charge is 2.34. The Morgan fingerprint density at radius 1 is 1.15 bits per heavy atom. The molecule has 1 saturated heterocycles. The average Bonchev–Trinajstić information content (AvgIpc) is 2.83. The van der Waals surface area contributed by atoms with Gasteiger partial charge in [-0.2, -0.15) is 4.31 Å². The zero-order chi connectivity index (χ0) is 24.5. The number of nitrogens with one attached hydrogen (secondary N) is 2. The van der Waals surface area contributed by atoms with Crippen molar-refractivity contribution in [3.05, 3.63) is 35.9 Å². The largest absolute Gasteiger partial charge is 0.497 e. The lowest BCUT2D eigenvalue weighted by atomic mass is 9.97. The van der Waals surface area contributed by atoms with Gasteiger partial charge in [-0.3, -0.25) is 9.59 Å². The van der Waals surface area contributed by atoms with E-state index in [2.05, 4.69) is 10.6 Å². The van der Waals surface area contributed by atoms with Gasteiger partial charge < -0.3 is 24.8 Å². The Balaban J connectivity index is 1.45. The fraction of sp³-hybridized carbons (Fsp3) is 0.391. The van der Waals surface area contributed by atoms with Crippen molar-refractivity contribution in [1.29, 1.82) is 0 Å². The SMILES string of the molecule is COc1ccc(OC)c(NC(=O)C2CCN(S(=O)(=O)c3cc4c(cc3C)NC(=O)CO4)CC2)c1. The molecule has 0 radical (unpaired) electrons. The molecule has 182 valence electrons. The maximum Gasteiger partial charge on any atom is 0.262 e. The molecule has 0 saturated carbocycles. The normalized spacial score (nSPS) is 16.7. The van der Waals surface area contributed by atoms with Crippen LogP contribution in [0.5, 0.6) is 17.2 Å². The Morgan fingerprint density at radius 2 is 1.88 bits per heavy atom. The molecule has 2 amide bonds. The first kappa shape index (κ1) is 23.8. The molecule has 0 unspecified atom stereocenters. The van der Waals surface area contributed by atoms with Gasteiger partial charge in [0.05, 0.1) is 30.5 Å². The fourth-order valence-corrected chi connectivity index (χ4v) is 5.83. The molecule has 2 N–H and O–H groups in total. The number of hydrogen-bond donors (Lipinski definition) is 2. The van der Waals surface area contributed by atoms with Crippen LogP contribution in [0.15, 0.2) is 35.2 Å². The first-order chi connectivity index (χ1) is 16.2. The lowest BCUT2D eigenvalue weighted by Crippen LogP contribution is -2.41. The second-order valence-corrected chi connectivity index (χ2v) is 10.1. The maximum absolute atomic E-state index is 13.3. The third-order valence-electron chi connectivity index (χ3n) is 6.02. The number of carbonyl (C=O) groups is 2. The molecule has 10 nitrogen and oxygen atoms in total. The summed E-state index contributed by atoms with van der Waals surface area (Å²) < 4.78 is 44.0. The lowest BCUT2D eigenvalue weighted by Gasteiger charge is -2.31. The Hall–Kier alpha value is -3.31. The molecule has 0 atom stereocenters. The number of benzene rings is 2. The number of amides is 2. The minimum atomic E-state index is -3.80. The van der Waals surface area contributed by atoms with Gasteiger partial charge in [0.1, 0.15) is 17.2 Å². The van der Waals surface area contributed by atoms with Crippen molar-refractivity contribution < 1.29 is 32.2 Å². The number of rotatable bonds is 6. The summed E-state index contributed by atoms with van der Waals surface area (Å²) in [7, 11) is -0.741. The van der Waals surface area contributed by atoms with Gasteiger partial charge in [0.25, 0.3) is 5.91 Å². The number of anilines is 2. The standard InChI is InChI=1S/C23H27N3O7S/c1-14-10-17-20(33-13-22(27)24-17)12-21(14)34(29,30)26-8-6-15(7-9-26)23(28)25-18-11-16(31-2)4-5-19(18)32-3/h4-5,10-12,15H,6-9,13H2,1-3H3,(H,24,27)(H,25,28). The number of nitrogens with zero attached hydrogens (tertiary/aromatic N) is 1. The Morgan fingerprint density at radius 3 is 2.56 bits per heavy atom. The van der Waals surface area contributed by atoms with Gasteiger partial charge in [-0.1, -0.05) is 0 Å². The first-order valence-corrected chi connectivity index (χ1v) is 12.3. The first-order valence-electron chi connectivity index (χ1n) is 10.8. The van der Waals surface area contributed by atoms with E-state index in [1.54, 1.807) is 31.2 Å². The quantitative estimate of drug-likeness (QED) is 0.639. The van der Waals surface area contributed by atoms with Crippen LogP contribution in [-0.2, 0) is 19.6 Å². The molecular formula is C23H27N3O7S. The van der Waals surface area contributed by atoms with Gasteiger partial charge >= 0.3 is 0 Å². The summed E-state index contributed by atoms with van der Waals surface area (Å²) in [6.07, 6.45) is 0.766. The van der Waals surface area contributed by atoms with E-state index in [9.17, 15) is 18.0 Å². The van der Waals surface area contributed by atoms with Crippen molar-refractivity contribution in [2.75, 3.05) is 44.5 Å². The number of carbonyl (C=O) groups excluding carboxylic acids is 2. The number of methoxy groups -OCH3 is 2. The predicted octanol–water partition coefficient (Wildman–Crippen LogP) is 2.38. The molecule has 0 bridgehead atoms. The lowest BCUT2D eigenvalue weighted by molar-refractivity contribution is -0.121. The monoisotopic (exact) mass is 489 g/mol. The molecule has 2 aliphatic heterocycles. The van der Waals surface area contributed by atoms with Crippen LogP contribution in [-0.4, -0.2) is 58.5 Å². The number of piperidine rings is 1. The van der Waals surface area contributed by atoms with E-state index in [1.807, 2.05) is 0 Å². The summed E-state index contributed by atoms with van der Waals surface area (Å²) in [5.74, 6) is 0.597. The number of ether oxygens (including phenoxy) is 3. The van der Waals surface area contributed by atoms with Crippen LogP contribution in [0.1, 0.15) is 18.4 Å². The van der Waals surface area contributed by atoms with Crippen molar-refractivity contribution in [2.24, 2.45) is 5.92 Å². The fourth-order valence-electron chi connectivity index (χ4n) is 4.14. The van der Waals surface area contributed by atoms with E-state index in [4.69, 9.17) is 14.2 Å². The second-order valence-electron chi connectivity index (χ2n) is 8.18. The number of sulfonamides is 1. The molecule has 34 heavy (non-hydrogen) atoms. The van der Waals surface area contributed by atoms with Crippen LogP contribution in [0.25, 0.3) is 0 Å². The molecule has 2 aromatic rings. The molecule has 0 aromatic heterocycles. The topological polar surface area (TPSA) is 123 Å². The molecule has 0 spiro atoms. The van der Waals surface area contributed by atoms with Gasteiger partial charge in [0.2, 0.25) is 15.9 Å². The van der Waals surface area contributed by atoms with Crippen LogP contribution in [0.2, 0.25) is 0 Å². The number of hydrogen-bond acceptors (Lipinski definition) is 7. The van der Waals surface area contributed by atoms with Crippen molar-refractivity contribution in [3.8, 4) is 17.2 Å². The predicted molar refractivity (Wildman–Crippen MR) is 125 cm³/mol. The van der Waals surface area contributed by atoms with E-state index < -0.39 is 10.0 Å².